The molecule has 0 saturated carbocycles. The minimum absolute atomic E-state index is 0.390. The minimum atomic E-state index is -0.757. The fourth-order valence-corrected chi connectivity index (χ4v) is 6.51. The van der Waals surface area contributed by atoms with E-state index >= 15 is 0 Å². The van der Waals surface area contributed by atoms with E-state index < -0.39 is 17.1 Å². The smallest absolute Gasteiger partial charge is 0.246 e. The average molecular weight is 682 g/mol. The van der Waals surface area contributed by atoms with Crippen LogP contribution in [0.2, 0.25) is 0 Å². The molecule has 0 aliphatic rings. The lowest BCUT2D eigenvalue weighted by Crippen LogP contribution is -2.53. The molecule has 1 aromatic heterocycles. The van der Waals surface area contributed by atoms with Crippen LogP contribution in [-0.2, 0) is 38.5 Å². The molecule has 0 fully saturated rings. The van der Waals surface area contributed by atoms with Crippen LogP contribution >= 0.6 is 0 Å². The van der Waals surface area contributed by atoms with E-state index in [9.17, 15) is 14.4 Å². The summed E-state index contributed by atoms with van der Waals surface area (Å²) in [7, 11) is 0. The van der Waals surface area contributed by atoms with E-state index in [1.807, 2.05) is 77.9 Å². The van der Waals surface area contributed by atoms with Crippen molar-refractivity contribution in [2.75, 3.05) is 0 Å². The molecule has 264 valence electrons. The Morgan fingerprint density at radius 3 is 0.804 bits per heavy atom. The molecule has 0 N–H and O–H groups in total. The molecule has 0 saturated heterocycles. The molecule has 0 atom stereocenters. The Labute approximate surface area is 302 Å². The quantitative estimate of drug-likeness (QED) is 0.118. The molecule has 6 heteroatoms. The maximum Gasteiger partial charge on any atom is 0.345 e. The first-order valence-corrected chi connectivity index (χ1v) is 17.2. The van der Waals surface area contributed by atoms with Crippen molar-refractivity contribution in [3.8, 4) is 17.1 Å². The number of aromatic nitrogens is 3. The molecule has 51 heavy (non-hydrogen) atoms. The van der Waals surface area contributed by atoms with Crippen molar-refractivity contribution in [3.05, 3.63) is 192 Å². The largest absolute Gasteiger partial charge is 0.345 e. The second kappa shape index (κ2) is 16.0. The first-order valence-electron chi connectivity index (χ1n) is 17.2. The van der Waals surface area contributed by atoms with Gasteiger partial charge in [0.1, 0.15) is 0 Å². The molecule has 3 aromatic carbocycles. The summed E-state index contributed by atoms with van der Waals surface area (Å²) >= 11 is 0. The van der Waals surface area contributed by atoms with Gasteiger partial charge in [0.15, 0.2) is 0 Å². The van der Waals surface area contributed by atoms with E-state index in [0.29, 0.717) is 55.6 Å². The van der Waals surface area contributed by atoms with Gasteiger partial charge in [0.2, 0.25) is 0 Å². The highest BCUT2D eigenvalue weighted by Gasteiger charge is 2.24. The van der Waals surface area contributed by atoms with Gasteiger partial charge < -0.3 is 0 Å². The van der Waals surface area contributed by atoms with Gasteiger partial charge in [0.05, 0.1) is 17.1 Å². The zero-order valence-electron chi connectivity index (χ0n) is 31.2. The highest BCUT2D eigenvalue weighted by atomic mass is 16.2. The molecule has 4 aromatic rings. The van der Waals surface area contributed by atoms with Crippen molar-refractivity contribution in [3.63, 3.8) is 0 Å². The second-order valence-electron chi connectivity index (χ2n) is 14.5. The summed E-state index contributed by atoms with van der Waals surface area (Å²) < 4.78 is 3.38. The molecular formula is C45H51N3O3. The second-order valence-corrected chi connectivity index (χ2v) is 14.5. The van der Waals surface area contributed by atoms with E-state index in [1.165, 1.54) is 0 Å². The van der Waals surface area contributed by atoms with Crippen molar-refractivity contribution in [1.29, 1.82) is 0 Å². The Hall–Kier alpha value is -5.49. The monoisotopic (exact) mass is 681 g/mol. The fraction of sp³-hybridized carbons (Fsp3) is 0.267. The van der Waals surface area contributed by atoms with Gasteiger partial charge in [-0.25, -0.2) is 28.1 Å². The first-order chi connectivity index (χ1) is 24.0. The Morgan fingerprint density at radius 2 is 0.608 bits per heavy atom. The van der Waals surface area contributed by atoms with Crippen LogP contribution < -0.4 is 17.1 Å². The molecule has 0 amide bonds. The van der Waals surface area contributed by atoms with Gasteiger partial charge in [-0.15, -0.1) is 0 Å². The van der Waals surface area contributed by atoms with Crippen LogP contribution in [0.3, 0.4) is 0 Å². The number of rotatable bonds is 15. The molecule has 0 radical (unpaired) electrons. The highest BCUT2D eigenvalue weighted by Crippen LogP contribution is 2.24. The summed E-state index contributed by atoms with van der Waals surface area (Å²) in [6.45, 7) is 36.2. The van der Waals surface area contributed by atoms with Crippen LogP contribution in [0.5, 0.6) is 0 Å². The van der Waals surface area contributed by atoms with E-state index in [4.69, 9.17) is 0 Å². The lowest BCUT2D eigenvalue weighted by atomic mass is 9.98. The van der Waals surface area contributed by atoms with Gasteiger partial charge in [0.25, 0.3) is 0 Å². The average Bonchev–Trinajstić information content (AvgIpc) is 2.98. The van der Waals surface area contributed by atoms with Crippen LogP contribution in [0.4, 0.5) is 0 Å². The molecule has 6 nitrogen and oxygen atoms in total. The number of benzene rings is 3. The predicted molar refractivity (Wildman–Crippen MR) is 214 cm³/mol. The Balaban J connectivity index is 2.23. The Kier molecular flexibility index (Phi) is 12.0. The van der Waals surface area contributed by atoms with Gasteiger partial charge in [-0.3, -0.25) is 0 Å². The summed E-state index contributed by atoms with van der Waals surface area (Å²) in [5, 5.41) is 0. The van der Waals surface area contributed by atoms with E-state index in [2.05, 4.69) is 39.5 Å². The van der Waals surface area contributed by atoms with Crippen LogP contribution in [0.1, 0.15) is 74.9 Å². The normalized spacial score (nSPS) is 10.9. The number of hydrogen-bond acceptors (Lipinski definition) is 3. The van der Waals surface area contributed by atoms with Gasteiger partial charge in [0, 0.05) is 0 Å². The third-order valence-electron chi connectivity index (χ3n) is 8.30. The van der Waals surface area contributed by atoms with E-state index in [-0.39, 0.29) is 0 Å². The van der Waals surface area contributed by atoms with Crippen LogP contribution in [0, 0.1) is 0 Å². The zero-order chi connectivity index (χ0) is 37.7. The molecule has 0 spiro atoms. The topological polar surface area (TPSA) is 66.0 Å². The van der Waals surface area contributed by atoms with Crippen LogP contribution in [0.15, 0.2) is 142 Å². The van der Waals surface area contributed by atoms with Crippen molar-refractivity contribution >= 4 is 0 Å². The van der Waals surface area contributed by atoms with E-state index in [0.717, 1.165) is 80.5 Å². The third kappa shape index (κ3) is 9.20. The number of nitrogens with zero attached hydrogens (tertiary/aromatic N) is 3. The Bertz CT molecular complexity index is 2000. The molecule has 0 bridgehead atoms. The molecule has 4 rings (SSSR count). The standard InChI is InChI=1S/C45H51N3O3/c1-28(2)19-34-13-16-40(37(25-34)22-31(7)8)46-43(49)47(41-17-14-35(20-29(3)4)26-38(41)23-32(9)10)45(51)48(44(46)50)42-18-15-36(21-30(5)6)27-39(42)24-33(11)12/h13-18,25-27H,1,3,5,7,9,11,19-24H2,2,4,6,8,10,12H3. The van der Waals surface area contributed by atoms with Gasteiger partial charge in [-0.05, 0) is 132 Å². The van der Waals surface area contributed by atoms with Crippen molar-refractivity contribution in [2.24, 2.45) is 0 Å². The Morgan fingerprint density at radius 1 is 0.392 bits per heavy atom. The summed E-state index contributed by atoms with van der Waals surface area (Å²) in [6.07, 6.45) is 3.21. The summed E-state index contributed by atoms with van der Waals surface area (Å²) in [5.74, 6) is 0. The molecule has 0 aliphatic heterocycles. The van der Waals surface area contributed by atoms with Crippen molar-refractivity contribution < 1.29 is 0 Å². The molecular weight excluding hydrogens is 631 g/mol. The highest BCUT2D eigenvalue weighted by molar-refractivity contribution is 5.51. The maximum absolute atomic E-state index is 14.9. The predicted octanol–water partition coefficient (Wildman–Crippen LogP) is 8.85. The molecule has 1 heterocycles. The maximum atomic E-state index is 14.9. The van der Waals surface area contributed by atoms with E-state index in [1.54, 1.807) is 18.2 Å². The van der Waals surface area contributed by atoms with Gasteiger partial charge in [-0.2, -0.15) is 0 Å². The van der Waals surface area contributed by atoms with Gasteiger partial charge in [-0.1, -0.05) is 109 Å². The SMILES string of the molecule is C=C(C)Cc1ccc(-n2c(=O)n(-c3ccc(CC(=C)C)cc3CC(=C)C)c(=O)n(-c3ccc(CC(=C)C)cc3CC(=C)C)c2=O)c(CC(=C)C)c1. The summed E-state index contributed by atoms with van der Waals surface area (Å²) in [6, 6.07) is 17.0. The van der Waals surface area contributed by atoms with Crippen LogP contribution in [-0.4, -0.2) is 13.7 Å². The molecule has 0 unspecified atom stereocenters. The molecule has 0 aliphatic carbocycles. The number of hydrogen-bond donors (Lipinski definition) is 0. The van der Waals surface area contributed by atoms with Gasteiger partial charge >= 0.3 is 17.1 Å². The third-order valence-corrected chi connectivity index (χ3v) is 8.30. The zero-order valence-corrected chi connectivity index (χ0v) is 31.2. The van der Waals surface area contributed by atoms with Crippen LogP contribution in [0.25, 0.3) is 17.1 Å². The minimum Gasteiger partial charge on any atom is -0.246 e. The summed E-state index contributed by atoms with van der Waals surface area (Å²) in [4.78, 5) is 44.6. The van der Waals surface area contributed by atoms with Crippen molar-refractivity contribution in [2.45, 2.75) is 80.1 Å². The van der Waals surface area contributed by atoms with Crippen molar-refractivity contribution in [1.82, 2.24) is 13.7 Å². The fourth-order valence-electron chi connectivity index (χ4n) is 6.51. The number of allylic oxidation sites excluding steroid dienone is 6. The summed E-state index contributed by atoms with van der Waals surface area (Å²) in [5.41, 5.74) is 9.66. The first kappa shape index (κ1) is 38.3. The lowest BCUT2D eigenvalue weighted by molar-refractivity contribution is 0.652. The lowest BCUT2D eigenvalue weighted by Gasteiger charge is -2.21.